The van der Waals surface area contributed by atoms with Gasteiger partial charge >= 0.3 is 5.97 Å². The Kier molecular flexibility index (Phi) is 12.5. The van der Waals surface area contributed by atoms with Crippen LogP contribution in [0.4, 0.5) is 8.78 Å². The van der Waals surface area contributed by atoms with Crippen molar-refractivity contribution in [3.63, 3.8) is 0 Å². The van der Waals surface area contributed by atoms with E-state index in [4.69, 9.17) is 9.47 Å². The summed E-state index contributed by atoms with van der Waals surface area (Å²) >= 11 is 0. The maximum Gasteiger partial charge on any atom is 0.306 e. The van der Waals surface area contributed by atoms with Crippen molar-refractivity contribution in [2.24, 2.45) is 0 Å². The van der Waals surface area contributed by atoms with Crippen LogP contribution in [0.15, 0.2) is 48.7 Å². The van der Waals surface area contributed by atoms with Crippen LogP contribution in [0.3, 0.4) is 0 Å². The van der Waals surface area contributed by atoms with Crippen LogP contribution >= 0.6 is 24.8 Å². The lowest BCUT2D eigenvalue weighted by Gasteiger charge is -2.38. The molecule has 0 aliphatic carbocycles. The SMILES string of the molecule is COc1ccc2nccc(C[C@H](O)[C@H]3CC[C@@H](NC/C=C/c4cc(F)ccc4F)[C@@H](CC(=O)O)O3)c2n1.Cl.Cl. The van der Waals surface area contributed by atoms with Crippen molar-refractivity contribution in [1.29, 1.82) is 0 Å². The number of benzene rings is 1. The topological polar surface area (TPSA) is 114 Å². The highest BCUT2D eigenvalue weighted by atomic mass is 35.5. The molecule has 0 spiro atoms. The third-order valence-corrected chi connectivity index (χ3v) is 6.40. The first kappa shape index (κ1) is 32.3. The van der Waals surface area contributed by atoms with Gasteiger partial charge in [-0.25, -0.2) is 13.8 Å². The number of fused-ring (bicyclic) bond motifs is 1. The number of carboxylic acid groups (broad SMARTS) is 1. The summed E-state index contributed by atoms with van der Waals surface area (Å²) in [6.07, 6.45) is 3.75. The van der Waals surface area contributed by atoms with E-state index in [-0.39, 0.29) is 49.3 Å². The average Bonchev–Trinajstić information content (AvgIpc) is 2.88. The van der Waals surface area contributed by atoms with Gasteiger partial charge in [-0.05, 0) is 48.7 Å². The van der Waals surface area contributed by atoms with Crippen molar-refractivity contribution >= 4 is 47.9 Å². The molecule has 0 bridgehead atoms. The van der Waals surface area contributed by atoms with Gasteiger partial charge in [-0.15, -0.1) is 24.8 Å². The largest absolute Gasteiger partial charge is 0.481 e. The van der Waals surface area contributed by atoms with Crippen molar-refractivity contribution < 1.29 is 33.3 Å². The number of carboxylic acids is 1. The van der Waals surface area contributed by atoms with E-state index in [2.05, 4.69) is 15.3 Å². The van der Waals surface area contributed by atoms with Crippen LogP contribution < -0.4 is 10.1 Å². The molecule has 1 saturated heterocycles. The Morgan fingerprint density at radius 2 is 2.03 bits per heavy atom. The fraction of sp³-hybridized carbons (Fsp3) is 0.370. The van der Waals surface area contributed by atoms with Gasteiger partial charge in [-0.2, -0.15) is 0 Å². The molecule has 1 aliphatic rings. The molecule has 0 saturated carbocycles. The summed E-state index contributed by atoms with van der Waals surface area (Å²) in [5, 5.41) is 23.6. The molecule has 1 fully saturated rings. The molecular formula is C27H31Cl2F2N3O5. The van der Waals surface area contributed by atoms with Crippen molar-refractivity contribution in [2.45, 2.75) is 50.0 Å². The Morgan fingerprint density at radius 1 is 1.23 bits per heavy atom. The van der Waals surface area contributed by atoms with Gasteiger partial charge in [0.2, 0.25) is 5.88 Å². The van der Waals surface area contributed by atoms with E-state index in [1.165, 1.54) is 13.2 Å². The number of rotatable bonds is 10. The Morgan fingerprint density at radius 3 is 2.77 bits per heavy atom. The number of nitrogens with zero attached hydrogens (tertiary/aromatic N) is 2. The molecule has 0 radical (unpaired) electrons. The van der Waals surface area contributed by atoms with Crippen LogP contribution in [-0.2, 0) is 16.0 Å². The third kappa shape index (κ3) is 8.55. The zero-order valence-corrected chi connectivity index (χ0v) is 22.8. The van der Waals surface area contributed by atoms with Crippen molar-refractivity contribution in [3.8, 4) is 5.88 Å². The number of pyridine rings is 2. The van der Waals surface area contributed by atoms with Crippen LogP contribution in [0, 0.1) is 11.6 Å². The van der Waals surface area contributed by atoms with Crippen molar-refractivity contribution in [3.05, 3.63) is 71.4 Å². The first-order valence-electron chi connectivity index (χ1n) is 12.0. The van der Waals surface area contributed by atoms with Gasteiger partial charge in [0.25, 0.3) is 0 Å². The highest BCUT2D eigenvalue weighted by Gasteiger charge is 2.35. The van der Waals surface area contributed by atoms with E-state index in [9.17, 15) is 23.8 Å². The first-order valence-corrected chi connectivity index (χ1v) is 12.0. The second-order valence-corrected chi connectivity index (χ2v) is 8.93. The average molecular weight is 586 g/mol. The summed E-state index contributed by atoms with van der Waals surface area (Å²) in [4.78, 5) is 20.2. The van der Waals surface area contributed by atoms with Crippen molar-refractivity contribution in [1.82, 2.24) is 15.3 Å². The number of aliphatic hydroxyl groups is 1. The Labute approximate surface area is 237 Å². The molecule has 12 heteroatoms. The molecule has 212 valence electrons. The number of hydrogen-bond donors (Lipinski definition) is 3. The van der Waals surface area contributed by atoms with E-state index in [0.29, 0.717) is 36.3 Å². The van der Waals surface area contributed by atoms with Crippen LogP contribution in [0.1, 0.15) is 30.4 Å². The summed E-state index contributed by atoms with van der Waals surface area (Å²) in [5.74, 6) is -1.64. The van der Waals surface area contributed by atoms with Gasteiger partial charge in [-0.3, -0.25) is 9.78 Å². The standard InChI is InChI=1S/C27H29F2N3O5.2ClH/c1-36-25-9-7-21-27(32-25)17(10-12-31-21)14-22(33)23-8-6-20(24(37-23)15-26(34)35)30-11-2-3-16-13-18(28)4-5-19(16)29;;/h2-5,7,9-10,12-13,20,22-24,30,33H,6,8,11,14-15H2,1H3,(H,34,35);2*1H/b3-2+;;/t20-,22+,23-,24-;;/m1../s1. The molecular weight excluding hydrogens is 555 g/mol. The maximum atomic E-state index is 13.8. The fourth-order valence-electron chi connectivity index (χ4n) is 4.54. The number of ether oxygens (including phenoxy) is 2. The van der Waals surface area contributed by atoms with Crippen LogP contribution in [0.2, 0.25) is 0 Å². The minimum Gasteiger partial charge on any atom is -0.481 e. The summed E-state index contributed by atoms with van der Waals surface area (Å²) in [6.45, 7) is 0.309. The molecule has 3 heterocycles. The molecule has 1 aromatic carbocycles. The molecule has 8 nitrogen and oxygen atoms in total. The number of methoxy groups -OCH3 is 1. The van der Waals surface area contributed by atoms with Crippen LogP contribution in [0.5, 0.6) is 5.88 Å². The molecule has 3 aromatic rings. The number of halogens is 4. The molecule has 0 amide bonds. The summed E-state index contributed by atoms with van der Waals surface area (Å²) in [5.41, 5.74) is 2.21. The van der Waals surface area contributed by atoms with Gasteiger partial charge in [0.15, 0.2) is 0 Å². The zero-order chi connectivity index (χ0) is 26.4. The van der Waals surface area contributed by atoms with Crippen molar-refractivity contribution in [2.75, 3.05) is 13.7 Å². The van der Waals surface area contributed by atoms with E-state index < -0.39 is 35.9 Å². The molecule has 2 aromatic heterocycles. The number of nitrogens with one attached hydrogen (secondary N) is 1. The molecule has 39 heavy (non-hydrogen) atoms. The lowest BCUT2D eigenvalue weighted by molar-refractivity contribution is -0.151. The fourth-order valence-corrected chi connectivity index (χ4v) is 4.54. The van der Waals surface area contributed by atoms with Gasteiger partial charge in [0.05, 0.1) is 42.9 Å². The normalized spacial score (nSPS) is 19.7. The number of aliphatic hydroxyl groups excluding tert-OH is 1. The quantitative estimate of drug-likeness (QED) is 0.321. The number of hydrogen-bond acceptors (Lipinski definition) is 7. The van der Waals surface area contributed by atoms with E-state index in [1.807, 2.05) is 0 Å². The summed E-state index contributed by atoms with van der Waals surface area (Å²) in [6, 6.07) is 8.23. The maximum absolute atomic E-state index is 13.8. The van der Waals surface area contributed by atoms with Gasteiger partial charge in [0.1, 0.15) is 11.6 Å². The van der Waals surface area contributed by atoms with Gasteiger partial charge in [0, 0.05) is 36.8 Å². The lowest BCUT2D eigenvalue weighted by Crippen LogP contribution is -2.51. The first-order chi connectivity index (χ1) is 17.8. The highest BCUT2D eigenvalue weighted by molar-refractivity contribution is 5.85. The summed E-state index contributed by atoms with van der Waals surface area (Å²) in [7, 11) is 1.53. The predicted molar refractivity (Wildman–Crippen MR) is 148 cm³/mol. The Bertz CT molecular complexity index is 1280. The Balaban J connectivity index is 0.00000267. The molecule has 4 rings (SSSR count). The minimum atomic E-state index is -1.01. The zero-order valence-electron chi connectivity index (χ0n) is 21.1. The molecule has 4 atom stereocenters. The lowest BCUT2D eigenvalue weighted by atomic mass is 9.92. The van der Waals surface area contributed by atoms with E-state index in [0.717, 1.165) is 23.8 Å². The smallest absolute Gasteiger partial charge is 0.306 e. The van der Waals surface area contributed by atoms with Gasteiger partial charge in [-0.1, -0.05) is 12.2 Å². The van der Waals surface area contributed by atoms with Gasteiger partial charge < -0.3 is 25.0 Å². The van der Waals surface area contributed by atoms with E-state index in [1.54, 1.807) is 30.5 Å². The second-order valence-electron chi connectivity index (χ2n) is 8.93. The van der Waals surface area contributed by atoms with Crippen LogP contribution in [-0.4, -0.2) is 64.2 Å². The van der Waals surface area contributed by atoms with E-state index >= 15 is 0 Å². The Hall–Kier alpha value is -2.89. The second kappa shape index (κ2) is 15.0. The minimum absolute atomic E-state index is 0. The summed E-state index contributed by atoms with van der Waals surface area (Å²) < 4.78 is 38.4. The highest BCUT2D eigenvalue weighted by Crippen LogP contribution is 2.27. The molecule has 1 aliphatic heterocycles. The third-order valence-electron chi connectivity index (χ3n) is 6.40. The predicted octanol–water partition coefficient (Wildman–Crippen LogP) is 4.36. The number of carbonyl (C=O) groups is 1. The number of aromatic nitrogens is 2. The molecule has 0 unspecified atom stereocenters. The number of aliphatic carboxylic acids is 1. The molecule has 3 N–H and O–H groups in total. The van der Waals surface area contributed by atoms with Crippen LogP contribution in [0.25, 0.3) is 17.1 Å². The monoisotopic (exact) mass is 585 g/mol.